The van der Waals surface area contributed by atoms with Gasteiger partial charge in [-0.25, -0.2) is 19.2 Å². The van der Waals surface area contributed by atoms with Gasteiger partial charge in [0.25, 0.3) is 0 Å². The van der Waals surface area contributed by atoms with Crippen LogP contribution in [-0.4, -0.2) is 53.6 Å². The summed E-state index contributed by atoms with van der Waals surface area (Å²) in [5.41, 5.74) is 0.573. The zero-order chi connectivity index (χ0) is 23.8. The minimum Gasteiger partial charge on any atom is -0.475 e. The number of amides is 1. The van der Waals surface area contributed by atoms with E-state index < -0.39 is 18.0 Å². The van der Waals surface area contributed by atoms with Crippen LogP contribution in [-0.2, 0) is 4.74 Å². The number of anilines is 3. The van der Waals surface area contributed by atoms with E-state index in [2.05, 4.69) is 25.9 Å². The van der Waals surface area contributed by atoms with Crippen molar-refractivity contribution in [3.63, 3.8) is 0 Å². The molecule has 1 saturated carbocycles. The van der Waals surface area contributed by atoms with Crippen molar-refractivity contribution in [2.75, 3.05) is 31.0 Å². The van der Waals surface area contributed by atoms with Gasteiger partial charge < -0.3 is 30.5 Å². The Bertz CT molecular complexity index is 1010. The normalized spacial score (nSPS) is 15.0. The Morgan fingerprint density at radius 2 is 2.15 bits per heavy atom. The summed E-state index contributed by atoms with van der Waals surface area (Å²) < 4.78 is 25.2. The average Bonchev–Trinajstić information content (AvgIpc) is 2.74. The number of carboxylic acid groups (broad SMARTS) is 1. The van der Waals surface area contributed by atoms with Gasteiger partial charge in [0.15, 0.2) is 17.5 Å². The molecule has 0 bridgehead atoms. The lowest BCUT2D eigenvalue weighted by Crippen LogP contribution is -2.50. The minimum absolute atomic E-state index is 0.0219. The number of nitrogens with one attached hydrogen (secondary N) is 3. The molecule has 3 rings (SSSR count). The topological polar surface area (TPSA) is 141 Å². The van der Waals surface area contributed by atoms with Crippen LogP contribution in [0.2, 0.25) is 0 Å². The minimum atomic E-state index is -1.15. The van der Waals surface area contributed by atoms with E-state index in [4.69, 9.17) is 14.6 Å². The number of nitriles is 1. The third-order valence-electron chi connectivity index (χ3n) is 5.48. The molecule has 176 valence electrons. The van der Waals surface area contributed by atoms with Crippen LogP contribution in [0.4, 0.5) is 26.5 Å². The van der Waals surface area contributed by atoms with E-state index in [9.17, 15) is 14.4 Å². The zero-order valence-electron chi connectivity index (χ0n) is 18.5. The fourth-order valence-corrected chi connectivity index (χ4v) is 3.60. The second kappa shape index (κ2) is 11.3. The molecule has 2 aromatic heterocycles. The molecule has 0 saturated heterocycles. The largest absolute Gasteiger partial charge is 0.475 e. The first-order chi connectivity index (χ1) is 15.9. The molecule has 4 N–H and O–H groups in total. The van der Waals surface area contributed by atoms with E-state index in [0.29, 0.717) is 24.8 Å². The molecule has 0 aromatic carbocycles. The summed E-state index contributed by atoms with van der Waals surface area (Å²) in [4.78, 5) is 19.5. The van der Waals surface area contributed by atoms with Crippen molar-refractivity contribution in [1.29, 1.82) is 5.26 Å². The van der Waals surface area contributed by atoms with Crippen LogP contribution >= 0.6 is 0 Å². The Kier molecular flexibility index (Phi) is 8.21. The van der Waals surface area contributed by atoms with Crippen LogP contribution in [0.25, 0.3) is 0 Å². The van der Waals surface area contributed by atoms with Gasteiger partial charge in [-0.05, 0) is 37.8 Å². The van der Waals surface area contributed by atoms with Gasteiger partial charge in [-0.3, -0.25) is 0 Å². The van der Waals surface area contributed by atoms with Crippen molar-refractivity contribution >= 4 is 23.4 Å². The van der Waals surface area contributed by atoms with Crippen molar-refractivity contribution in [3.8, 4) is 11.9 Å². The first-order valence-electron chi connectivity index (χ1n) is 10.6. The number of carbonyl (C=O) groups is 1. The first-order valence-corrected chi connectivity index (χ1v) is 10.6. The average molecular weight is 458 g/mol. The number of hydrogen-bond donors (Lipinski definition) is 4. The third-order valence-corrected chi connectivity index (χ3v) is 5.48. The van der Waals surface area contributed by atoms with Gasteiger partial charge in [0.1, 0.15) is 12.7 Å². The van der Waals surface area contributed by atoms with Gasteiger partial charge >= 0.3 is 6.09 Å². The number of methoxy groups -OCH3 is 1. The Morgan fingerprint density at radius 3 is 2.79 bits per heavy atom. The zero-order valence-corrected chi connectivity index (χ0v) is 18.5. The monoisotopic (exact) mass is 458 g/mol. The molecule has 0 spiro atoms. The second-order valence-electron chi connectivity index (χ2n) is 7.78. The quantitative estimate of drug-likeness (QED) is 0.372. The lowest BCUT2D eigenvalue weighted by Gasteiger charge is -2.38. The molecule has 11 heteroatoms. The molecule has 1 amide bonds. The third kappa shape index (κ3) is 6.43. The molecule has 33 heavy (non-hydrogen) atoms. The summed E-state index contributed by atoms with van der Waals surface area (Å²) in [6.07, 6.45) is 3.25. The summed E-state index contributed by atoms with van der Waals surface area (Å²) >= 11 is 0. The highest BCUT2D eigenvalue weighted by molar-refractivity contribution is 5.66. The number of rotatable bonds is 11. The molecule has 0 aliphatic heterocycles. The maximum atomic E-state index is 14.8. The van der Waals surface area contributed by atoms with Crippen LogP contribution < -0.4 is 20.7 Å². The van der Waals surface area contributed by atoms with E-state index >= 15 is 0 Å². The molecular weight excluding hydrogens is 431 g/mol. The molecule has 2 aromatic rings. The second-order valence-corrected chi connectivity index (χ2v) is 7.78. The molecule has 1 fully saturated rings. The number of hydrogen-bond acceptors (Lipinski definition) is 8. The first kappa shape index (κ1) is 24.0. The van der Waals surface area contributed by atoms with E-state index in [-0.39, 0.29) is 29.2 Å². The summed E-state index contributed by atoms with van der Waals surface area (Å²) in [5.74, 6) is -0.0521. The number of halogens is 1. The maximum absolute atomic E-state index is 14.8. The molecule has 1 aliphatic rings. The fourth-order valence-electron chi connectivity index (χ4n) is 3.60. The van der Waals surface area contributed by atoms with Crippen LogP contribution in [0.1, 0.15) is 31.7 Å². The Balaban J connectivity index is 1.83. The van der Waals surface area contributed by atoms with Gasteiger partial charge in [0.2, 0.25) is 5.88 Å². The Hall–Kier alpha value is -3.65. The maximum Gasteiger partial charge on any atom is 0.404 e. The smallest absolute Gasteiger partial charge is 0.404 e. The van der Waals surface area contributed by atoms with Crippen molar-refractivity contribution in [2.24, 2.45) is 5.92 Å². The predicted octanol–water partition coefficient (Wildman–Crippen LogP) is 3.49. The van der Waals surface area contributed by atoms with Crippen molar-refractivity contribution < 1.29 is 23.8 Å². The highest BCUT2D eigenvalue weighted by Crippen LogP contribution is 2.34. The van der Waals surface area contributed by atoms with E-state index in [0.717, 1.165) is 25.3 Å². The Labute approximate surface area is 191 Å². The highest BCUT2D eigenvalue weighted by atomic mass is 19.1. The number of nitrogens with zero attached hydrogens (tertiary/aromatic N) is 3. The van der Waals surface area contributed by atoms with Gasteiger partial charge in [-0.2, -0.15) is 5.26 Å². The number of aromatic nitrogens is 2. The van der Waals surface area contributed by atoms with Crippen LogP contribution in [0.15, 0.2) is 24.4 Å². The summed E-state index contributed by atoms with van der Waals surface area (Å²) in [5, 5.41) is 27.1. The molecule has 2 heterocycles. The molecule has 2 atom stereocenters. The molecular formula is C22H27FN6O4. The number of ether oxygens (including phenoxy) is 2. The van der Waals surface area contributed by atoms with Gasteiger partial charge in [0.05, 0.1) is 18.2 Å². The lowest BCUT2D eigenvalue weighted by atomic mass is 9.77. The predicted molar refractivity (Wildman–Crippen MR) is 119 cm³/mol. The van der Waals surface area contributed by atoms with Crippen molar-refractivity contribution in [1.82, 2.24) is 15.3 Å². The number of pyridine rings is 2. The summed E-state index contributed by atoms with van der Waals surface area (Å²) in [7, 11) is 1.57. The highest BCUT2D eigenvalue weighted by Gasteiger charge is 2.33. The summed E-state index contributed by atoms with van der Waals surface area (Å²) in [6, 6.07) is 5.52. The lowest BCUT2D eigenvalue weighted by molar-refractivity contribution is 0.144. The molecule has 0 radical (unpaired) electrons. The Morgan fingerprint density at radius 1 is 1.36 bits per heavy atom. The van der Waals surface area contributed by atoms with E-state index in [1.54, 1.807) is 26.2 Å². The van der Waals surface area contributed by atoms with E-state index in [1.807, 2.05) is 6.07 Å². The van der Waals surface area contributed by atoms with Crippen LogP contribution in [0, 0.1) is 23.1 Å². The molecule has 10 nitrogen and oxygen atoms in total. The SMILES string of the molecule is COCCOc1cc(Nc2nc(N[C@H](C3CCC3)[C@H](C)NC(=O)O)c(F)cc2C#N)ccn1. The van der Waals surface area contributed by atoms with E-state index in [1.165, 1.54) is 6.20 Å². The van der Waals surface area contributed by atoms with Gasteiger partial charge in [-0.15, -0.1) is 0 Å². The van der Waals surface area contributed by atoms with Crippen LogP contribution in [0.5, 0.6) is 5.88 Å². The standard InChI is InChI=1S/C22H27FN6O4/c1-13(26-22(30)31)19(14-4-3-5-14)28-21-17(23)10-15(12-24)20(29-21)27-16-6-7-25-18(11-16)33-9-8-32-2/h6-7,10-11,13-14,19,26H,3-5,8-9H2,1-2H3,(H,30,31)(H2,25,27,28,29)/t13-,19-/m0/s1. The van der Waals surface area contributed by atoms with Crippen molar-refractivity contribution in [3.05, 3.63) is 35.8 Å². The molecule has 0 unspecified atom stereocenters. The van der Waals surface area contributed by atoms with Gasteiger partial charge in [0, 0.05) is 31.1 Å². The molecule has 1 aliphatic carbocycles. The van der Waals surface area contributed by atoms with Gasteiger partial charge in [-0.1, -0.05) is 6.42 Å². The summed E-state index contributed by atoms with van der Waals surface area (Å²) in [6.45, 7) is 2.46. The van der Waals surface area contributed by atoms with Crippen molar-refractivity contribution in [2.45, 2.75) is 38.3 Å². The van der Waals surface area contributed by atoms with Crippen LogP contribution in [0.3, 0.4) is 0 Å². The fraction of sp³-hybridized carbons (Fsp3) is 0.455.